The number of anilines is 1. The smallest absolute Gasteiger partial charge is 0.226 e. The Morgan fingerprint density at radius 3 is 2.60 bits per heavy atom. The number of hydrogen-bond acceptors (Lipinski definition) is 6. The molecule has 0 aliphatic carbocycles. The van der Waals surface area contributed by atoms with Gasteiger partial charge in [0.1, 0.15) is 16.5 Å². The number of ether oxygens (including phenoxy) is 2. The lowest BCUT2D eigenvalue weighted by molar-refractivity contribution is -0.116. The zero-order chi connectivity index (χ0) is 17.9. The highest BCUT2D eigenvalue weighted by molar-refractivity contribution is 7.15. The van der Waals surface area contributed by atoms with Gasteiger partial charge in [0.25, 0.3) is 0 Å². The first-order chi connectivity index (χ1) is 12.2. The van der Waals surface area contributed by atoms with Gasteiger partial charge >= 0.3 is 0 Å². The van der Waals surface area contributed by atoms with E-state index in [4.69, 9.17) is 9.47 Å². The first-order valence-corrected chi connectivity index (χ1v) is 9.42. The third-order valence-electron chi connectivity index (χ3n) is 3.58. The molecule has 2 rings (SSSR count). The molecule has 0 bridgehead atoms. The van der Waals surface area contributed by atoms with Crippen LogP contribution in [0.3, 0.4) is 0 Å². The van der Waals surface area contributed by atoms with Crippen LogP contribution in [-0.2, 0) is 11.2 Å². The maximum absolute atomic E-state index is 11.9. The maximum atomic E-state index is 11.9. The normalized spacial score (nSPS) is 10.5. The van der Waals surface area contributed by atoms with Gasteiger partial charge in [0, 0.05) is 12.8 Å². The Morgan fingerprint density at radius 1 is 1.12 bits per heavy atom. The molecule has 0 unspecified atom stereocenters. The van der Waals surface area contributed by atoms with Crippen molar-refractivity contribution >= 4 is 22.4 Å². The molecule has 1 aromatic heterocycles. The van der Waals surface area contributed by atoms with Crippen molar-refractivity contribution in [2.45, 2.75) is 45.4 Å². The average Bonchev–Trinajstić information content (AvgIpc) is 3.06. The van der Waals surface area contributed by atoms with E-state index in [-0.39, 0.29) is 5.91 Å². The summed E-state index contributed by atoms with van der Waals surface area (Å²) in [5.74, 6) is 1.49. The predicted molar refractivity (Wildman–Crippen MR) is 99.5 cm³/mol. The molecule has 25 heavy (non-hydrogen) atoms. The van der Waals surface area contributed by atoms with Gasteiger partial charge < -0.3 is 14.8 Å². The second-order valence-electron chi connectivity index (χ2n) is 5.63. The Morgan fingerprint density at radius 2 is 1.88 bits per heavy atom. The van der Waals surface area contributed by atoms with Crippen molar-refractivity contribution in [3.8, 4) is 11.5 Å². The average molecular weight is 363 g/mol. The molecular formula is C18H25N3O3S. The van der Waals surface area contributed by atoms with Crippen molar-refractivity contribution in [2.75, 3.05) is 19.0 Å². The lowest BCUT2D eigenvalue weighted by Gasteiger charge is -2.06. The Hall–Kier alpha value is -2.15. The highest BCUT2D eigenvalue weighted by atomic mass is 32.1. The van der Waals surface area contributed by atoms with E-state index in [1.807, 2.05) is 24.3 Å². The van der Waals surface area contributed by atoms with Gasteiger partial charge in [-0.25, -0.2) is 0 Å². The SMILES string of the molecule is CCCCCc1nnc(NC(=O)CCCOc2ccc(OC)cc2)s1. The van der Waals surface area contributed by atoms with Crippen LogP contribution >= 0.6 is 11.3 Å². The molecule has 0 saturated carbocycles. The summed E-state index contributed by atoms with van der Waals surface area (Å²) in [6, 6.07) is 7.38. The minimum atomic E-state index is -0.0606. The van der Waals surface area contributed by atoms with Crippen LogP contribution in [0.25, 0.3) is 0 Å². The topological polar surface area (TPSA) is 73.3 Å². The van der Waals surface area contributed by atoms with Crippen molar-refractivity contribution in [1.29, 1.82) is 0 Å². The van der Waals surface area contributed by atoms with Gasteiger partial charge in [0.05, 0.1) is 13.7 Å². The molecule has 1 N–H and O–H groups in total. The second-order valence-corrected chi connectivity index (χ2v) is 6.70. The molecular weight excluding hydrogens is 338 g/mol. The fraction of sp³-hybridized carbons (Fsp3) is 0.500. The molecule has 0 spiro atoms. The highest BCUT2D eigenvalue weighted by Gasteiger charge is 2.08. The van der Waals surface area contributed by atoms with E-state index < -0.39 is 0 Å². The summed E-state index contributed by atoms with van der Waals surface area (Å²) in [6.45, 7) is 2.66. The number of unbranched alkanes of at least 4 members (excludes halogenated alkanes) is 2. The summed E-state index contributed by atoms with van der Waals surface area (Å²) in [4.78, 5) is 11.9. The quantitative estimate of drug-likeness (QED) is 0.609. The zero-order valence-electron chi connectivity index (χ0n) is 14.8. The van der Waals surface area contributed by atoms with Gasteiger partial charge in [-0.15, -0.1) is 10.2 Å². The van der Waals surface area contributed by atoms with Crippen LogP contribution in [-0.4, -0.2) is 29.8 Å². The van der Waals surface area contributed by atoms with Crippen molar-refractivity contribution in [3.63, 3.8) is 0 Å². The molecule has 0 aliphatic heterocycles. The Bertz CT molecular complexity index is 643. The fourth-order valence-electron chi connectivity index (χ4n) is 2.21. The first kappa shape index (κ1) is 19.2. The number of nitrogens with one attached hydrogen (secondary N) is 1. The molecule has 0 radical (unpaired) electrons. The number of aromatic nitrogens is 2. The predicted octanol–water partition coefficient (Wildman–Crippen LogP) is 4.08. The van der Waals surface area contributed by atoms with E-state index in [9.17, 15) is 4.79 Å². The van der Waals surface area contributed by atoms with Crippen LogP contribution < -0.4 is 14.8 Å². The van der Waals surface area contributed by atoms with Crippen molar-refractivity contribution < 1.29 is 14.3 Å². The van der Waals surface area contributed by atoms with Crippen LogP contribution in [0.15, 0.2) is 24.3 Å². The van der Waals surface area contributed by atoms with Gasteiger partial charge in [-0.1, -0.05) is 31.1 Å². The Balaban J connectivity index is 1.63. The number of hydrogen-bond donors (Lipinski definition) is 1. The van der Waals surface area contributed by atoms with Crippen LogP contribution in [0.2, 0.25) is 0 Å². The van der Waals surface area contributed by atoms with Crippen LogP contribution in [0.5, 0.6) is 11.5 Å². The number of benzene rings is 1. The minimum Gasteiger partial charge on any atom is -0.497 e. The third kappa shape index (κ3) is 7.09. The summed E-state index contributed by atoms with van der Waals surface area (Å²) in [7, 11) is 1.63. The van der Waals surface area contributed by atoms with E-state index in [2.05, 4.69) is 22.4 Å². The fourth-order valence-corrected chi connectivity index (χ4v) is 3.01. The van der Waals surface area contributed by atoms with Gasteiger partial charge in [0.15, 0.2) is 0 Å². The molecule has 1 amide bonds. The number of carbonyl (C=O) groups excluding carboxylic acids is 1. The maximum Gasteiger partial charge on any atom is 0.226 e. The molecule has 0 aliphatic rings. The lowest BCUT2D eigenvalue weighted by Crippen LogP contribution is -2.12. The van der Waals surface area contributed by atoms with Gasteiger partial charge in [-0.2, -0.15) is 0 Å². The van der Waals surface area contributed by atoms with E-state index in [1.54, 1.807) is 7.11 Å². The second kappa shape index (κ2) is 10.7. The van der Waals surface area contributed by atoms with Gasteiger partial charge in [-0.3, -0.25) is 4.79 Å². The molecule has 1 aromatic carbocycles. The molecule has 1 heterocycles. The monoisotopic (exact) mass is 363 g/mol. The number of carbonyl (C=O) groups is 1. The molecule has 6 nitrogen and oxygen atoms in total. The number of aryl methyl sites for hydroxylation is 1. The zero-order valence-corrected chi connectivity index (χ0v) is 15.6. The summed E-state index contributed by atoms with van der Waals surface area (Å²) < 4.78 is 10.7. The van der Waals surface area contributed by atoms with Gasteiger partial charge in [0.2, 0.25) is 11.0 Å². The molecule has 0 atom stereocenters. The highest BCUT2D eigenvalue weighted by Crippen LogP contribution is 2.19. The lowest BCUT2D eigenvalue weighted by atomic mass is 10.2. The molecule has 136 valence electrons. The first-order valence-electron chi connectivity index (χ1n) is 8.60. The summed E-state index contributed by atoms with van der Waals surface area (Å²) in [5, 5.41) is 12.5. The molecule has 2 aromatic rings. The summed E-state index contributed by atoms with van der Waals surface area (Å²) in [6.07, 6.45) is 5.44. The van der Waals surface area contributed by atoms with Crippen LogP contribution in [0, 0.1) is 0 Å². The Labute approximate surface area is 152 Å². The summed E-state index contributed by atoms with van der Waals surface area (Å²) in [5.41, 5.74) is 0. The van der Waals surface area contributed by atoms with E-state index >= 15 is 0 Å². The van der Waals surface area contributed by atoms with E-state index in [0.29, 0.717) is 24.6 Å². The van der Waals surface area contributed by atoms with Crippen molar-refractivity contribution in [3.05, 3.63) is 29.3 Å². The number of amides is 1. The van der Waals surface area contributed by atoms with Crippen molar-refractivity contribution in [2.24, 2.45) is 0 Å². The molecule has 0 saturated heterocycles. The van der Waals surface area contributed by atoms with E-state index in [1.165, 1.54) is 24.2 Å². The third-order valence-corrected chi connectivity index (χ3v) is 4.48. The molecule has 7 heteroatoms. The van der Waals surface area contributed by atoms with E-state index in [0.717, 1.165) is 29.3 Å². The summed E-state index contributed by atoms with van der Waals surface area (Å²) >= 11 is 1.45. The van der Waals surface area contributed by atoms with Gasteiger partial charge in [-0.05, 0) is 37.1 Å². The number of rotatable bonds is 11. The number of methoxy groups -OCH3 is 1. The van der Waals surface area contributed by atoms with Crippen LogP contribution in [0.4, 0.5) is 5.13 Å². The van der Waals surface area contributed by atoms with Crippen LogP contribution in [0.1, 0.15) is 44.0 Å². The van der Waals surface area contributed by atoms with Crippen molar-refractivity contribution in [1.82, 2.24) is 10.2 Å². The molecule has 0 fully saturated rings. The standard InChI is InChI=1S/C18H25N3O3S/c1-3-4-5-8-17-20-21-18(25-17)19-16(22)7-6-13-24-15-11-9-14(23-2)10-12-15/h9-12H,3-8,13H2,1-2H3,(H,19,21,22). The Kier molecular flexibility index (Phi) is 8.18. The minimum absolute atomic E-state index is 0.0606. The largest absolute Gasteiger partial charge is 0.497 e. The number of nitrogens with zero attached hydrogens (tertiary/aromatic N) is 2.